The molecule has 2 aromatic heterocycles. The fourth-order valence-electron chi connectivity index (χ4n) is 6.54. The van der Waals surface area contributed by atoms with Crippen molar-refractivity contribution in [3.63, 3.8) is 0 Å². The van der Waals surface area contributed by atoms with Crippen LogP contribution in [0.3, 0.4) is 0 Å². The van der Waals surface area contributed by atoms with Crippen LogP contribution in [0.4, 0.5) is 8.78 Å². The van der Waals surface area contributed by atoms with Crippen LogP contribution in [-0.4, -0.2) is 62.7 Å². The van der Waals surface area contributed by atoms with Crippen LogP contribution >= 0.6 is 0 Å². The molecule has 3 aliphatic rings. The van der Waals surface area contributed by atoms with E-state index in [2.05, 4.69) is 15.1 Å². The van der Waals surface area contributed by atoms with E-state index < -0.39 is 12.8 Å². The molecule has 1 saturated heterocycles. The van der Waals surface area contributed by atoms with Crippen molar-refractivity contribution in [1.29, 1.82) is 0 Å². The van der Waals surface area contributed by atoms with E-state index in [0.717, 1.165) is 80.7 Å². The average molecular weight is 527 g/mol. The molecule has 1 aliphatic carbocycles. The Morgan fingerprint density at radius 1 is 1.16 bits per heavy atom. The lowest BCUT2D eigenvalue weighted by molar-refractivity contribution is -0.0260. The molecule has 2 unspecified atom stereocenters. The zero-order valence-electron chi connectivity index (χ0n) is 22.0. The molecule has 0 amide bonds. The van der Waals surface area contributed by atoms with Gasteiger partial charge in [-0.2, -0.15) is 10.2 Å². The molecule has 38 heavy (non-hydrogen) atoms. The van der Waals surface area contributed by atoms with E-state index in [1.807, 2.05) is 11.0 Å². The summed E-state index contributed by atoms with van der Waals surface area (Å²) in [6, 6.07) is 3.97. The quantitative estimate of drug-likeness (QED) is 0.475. The molecule has 0 bridgehead atoms. The van der Waals surface area contributed by atoms with E-state index in [9.17, 15) is 13.9 Å². The minimum absolute atomic E-state index is 0.0496. The number of nitrogens with zero attached hydrogens (tertiary/aromatic N) is 5. The number of aromatic nitrogens is 4. The summed E-state index contributed by atoms with van der Waals surface area (Å²) in [5, 5.41) is 22.9. The first kappa shape index (κ1) is 25.6. The molecule has 2 N–H and O–H groups in total. The highest BCUT2D eigenvalue weighted by Gasteiger charge is 2.35. The van der Waals surface area contributed by atoms with Gasteiger partial charge in [0.1, 0.15) is 0 Å². The Labute approximate surface area is 221 Å². The standard InChI is InChI=1S/C28H36F2N6O2/c1-31-28(37)35-9-6-25-24(16-35)26(33-36(25)19-7-10-38-11-8-19)20-5-3-4-17-12-21(18-14-32-34(2)15-18)23(27(29)30)13-22(17)20/h12-15,19-20,27-28,31,37H,3-11,16H2,1-2H3. The summed E-state index contributed by atoms with van der Waals surface area (Å²) in [5.41, 5.74) is 6.75. The summed E-state index contributed by atoms with van der Waals surface area (Å²) >= 11 is 0. The average Bonchev–Trinajstić information content (AvgIpc) is 3.55. The summed E-state index contributed by atoms with van der Waals surface area (Å²) in [7, 11) is 3.54. The molecule has 1 fully saturated rings. The first-order valence-corrected chi connectivity index (χ1v) is 13.7. The topological polar surface area (TPSA) is 80.4 Å². The van der Waals surface area contributed by atoms with Crippen LogP contribution < -0.4 is 5.32 Å². The van der Waals surface area contributed by atoms with Crippen molar-refractivity contribution in [3.8, 4) is 11.1 Å². The molecule has 204 valence electrons. The van der Waals surface area contributed by atoms with Crippen molar-refractivity contribution in [1.82, 2.24) is 29.8 Å². The van der Waals surface area contributed by atoms with Gasteiger partial charge in [-0.25, -0.2) is 8.78 Å². The van der Waals surface area contributed by atoms with Crippen molar-refractivity contribution in [2.45, 2.75) is 69.8 Å². The van der Waals surface area contributed by atoms with E-state index in [-0.39, 0.29) is 17.5 Å². The Bertz CT molecular complexity index is 1300. The Morgan fingerprint density at radius 2 is 1.97 bits per heavy atom. The summed E-state index contributed by atoms with van der Waals surface area (Å²) in [6.07, 6.45) is 5.44. The van der Waals surface area contributed by atoms with Crippen LogP contribution in [-0.2, 0) is 31.2 Å². The highest BCUT2D eigenvalue weighted by molar-refractivity contribution is 5.69. The SMILES string of the molecule is CNC(O)N1CCc2c(c(C3CCCc4cc(-c5cnn(C)c5)c(C(F)F)cc43)nn2C2CCOCC2)C1. The molecular weight excluding hydrogens is 490 g/mol. The molecule has 10 heteroatoms. The van der Waals surface area contributed by atoms with Crippen LogP contribution in [0.5, 0.6) is 0 Å². The predicted molar refractivity (Wildman–Crippen MR) is 139 cm³/mol. The predicted octanol–water partition coefficient (Wildman–Crippen LogP) is 3.89. The van der Waals surface area contributed by atoms with Crippen LogP contribution in [0.25, 0.3) is 11.1 Å². The number of ether oxygens (including phenoxy) is 1. The van der Waals surface area contributed by atoms with E-state index in [1.54, 1.807) is 37.2 Å². The molecule has 3 aromatic rings. The molecule has 2 atom stereocenters. The lowest BCUT2D eigenvalue weighted by atomic mass is 9.77. The maximum absolute atomic E-state index is 14.4. The van der Waals surface area contributed by atoms with Crippen LogP contribution in [0.2, 0.25) is 0 Å². The second-order valence-electron chi connectivity index (χ2n) is 10.8. The first-order chi connectivity index (χ1) is 18.4. The summed E-state index contributed by atoms with van der Waals surface area (Å²) in [4.78, 5) is 2.02. The number of hydrogen-bond acceptors (Lipinski definition) is 6. The number of fused-ring (bicyclic) bond motifs is 2. The maximum atomic E-state index is 14.4. The van der Waals surface area contributed by atoms with E-state index in [4.69, 9.17) is 9.84 Å². The van der Waals surface area contributed by atoms with Gasteiger partial charge in [0.25, 0.3) is 6.43 Å². The van der Waals surface area contributed by atoms with Gasteiger partial charge >= 0.3 is 0 Å². The largest absolute Gasteiger partial charge is 0.381 e. The second-order valence-corrected chi connectivity index (χ2v) is 10.8. The molecule has 0 radical (unpaired) electrons. The molecule has 0 spiro atoms. The van der Waals surface area contributed by atoms with Crippen molar-refractivity contribution >= 4 is 0 Å². The third kappa shape index (κ3) is 4.57. The van der Waals surface area contributed by atoms with Crippen molar-refractivity contribution < 1.29 is 18.6 Å². The van der Waals surface area contributed by atoms with Crippen LogP contribution in [0.15, 0.2) is 24.5 Å². The normalized spacial score (nSPS) is 21.5. The lowest BCUT2D eigenvalue weighted by Crippen LogP contribution is -2.46. The van der Waals surface area contributed by atoms with E-state index in [0.29, 0.717) is 17.7 Å². The monoisotopic (exact) mass is 526 g/mol. The van der Waals surface area contributed by atoms with Gasteiger partial charge in [-0.3, -0.25) is 19.6 Å². The van der Waals surface area contributed by atoms with E-state index >= 15 is 0 Å². The maximum Gasteiger partial charge on any atom is 0.264 e. The molecule has 2 aliphatic heterocycles. The Kier molecular flexibility index (Phi) is 7.07. The first-order valence-electron chi connectivity index (χ1n) is 13.7. The minimum Gasteiger partial charge on any atom is -0.381 e. The number of aryl methyl sites for hydroxylation is 2. The number of rotatable bonds is 6. The summed E-state index contributed by atoms with van der Waals surface area (Å²) in [5.74, 6) is -0.0549. The molecule has 6 rings (SSSR count). The van der Waals surface area contributed by atoms with Gasteiger partial charge in [-0.1, -0.05) is 6.07 Å². The van der Waals surface area contributed by atoms with Crippen molar-refractivity contribution in [2.24, 2.45) is 7.05 Å². The highest BCUT2D eigenvalue weighted by Crippen LogP contribution is 2.44. The lowest BCUT2D eigenvalue weighted by Gasteiger charge is -2.33. The van der Waals surface area contributed by atoms with Crippen molar-refractivity contribution in [2.75, 3.05) is 26.8 Å². The van der Waals surface area contributed by atoms with Crippen LogP contribution in [0, 0.1) is 0 Å². The van der Waals surface area contributed by atoms with Gasteiger partial charge in [-0.15, -0.1) is 0 Å². The van der Waals surface area contributed by atoms with Gasteiger partial charge in [-0.05, 0) is 61.9 Å². The molecule has 0 saturated carbocycles. The zero-order valence-corrected chi connectivity index (χ0v) is 22.0. The Balaban J connectivity index is 1.46. The molecule has 1 aromatic carbocycles. The fourth-order valence-corrected chi connectivity index (χ4v) is 6.54. The highest BCUT2D eigenvalue weighted by atomic mass is 19.3. The Hall–Kier alpha value is -2.66. The summed E-state index contributed by atoms with van der Waals surface area (Å²) < 4.78 is 38.3. The third-order valence-electron chi connectivity index (χ3n) is 8.49. The number of benzene rings is 1. The van der Waals surface area contributed by atoms with Crippen LogP contribution in [0.1, 0.15) is 77.7 Å². The zero-order chi connectivity index (χ0) is 26.4. The minimum atomic E-state index is -2.59. The van der Waals surface area contributed by atoms with Crippen molar-refractivity contribution in [3.05, 3.63) is 58.2 Å². The van der Waals surface area contributed by atoms with Gasteiger partial charge in [0.15, 0.2) is 6.35 Å². The smallest absolute Gasteiger partial charge is 0.264 e. The molecular formula is C28H36F2N6O2. The molecule has 4 heterocycles. The fraction of sp³-hybridized carbons (Fsp3) is 0.571. The third-order valence-corrected chi connectivity index (χ3v) is 8.49. The number of aliphatic hydroxyl groups is 1. The molecule has 8 nitrogen and oxygen atoms in total. The van der Waals surface area contributed by atoms with Gasteiger partial charge < -0.3 is 9.84 Å². The van der Waals surface area contributed by atoms with Gasteiger partial charge in [0.2, 0.25) is 0 Å². The number of hydrogen-bond donors (Lipinski definition) is 2. The Morgan fingerprint density at radius 3 is 2.68 bits per heavy atom. The van der Waals surface area contributed by atoms with Gasteiger partial charge in [0, 0.05) is 74.3 Å². The number of halogens is 2. The number of aliphatic hydroxyl groups excluding tert-OH is 1. The van der Waals surface area contributed by atoms with Gasteiger partial charge in [0.05, 0.1) is 17.9 Å². The number of alkyl halides is 2. The summed E-state index contributed by atoms with van der Waals surface area (Å²) in [6.45, 7) is 2.76. The number of nitrogens with one attached hydrogen (secondary N) is 1. The van der Waals surface area contributed by atoms with E-state index in [1.165, 1.54) is 5.69 Å². The second kappa shape index (κ2) is 10.5.